The zero-order chi connectivity index (χ0) is 29.6. The number of aromatic hydroxyl groups is 2. The average molecular weight is 558 g/mol. The summed E-state index contributed by atoms with van der Waals surface area (Å²) in [6.45, 7) is 4.86. The first-order valence-corrected chi connectivity index (χ1v) is 12.4. The number of nitrogens with one attached hydrogen (secondary N) is 3. The van der Waals surface area contributed by atoms with Gasteiger partial charge in [0.15, 0.2) is 11.7 Å². The van der Waals surface area contributed by atoms with E-state index in [0.717, 1.165) is 18.2 Å². The van der Waals surface area contributed by atoms with Gasteiger partial charge in [-0.2, -0.15) is 13.2 Å². The SMILES string of the molecule is Cc1c(O)[nH]c(O)c1C(=O)[C@@H](NC(=O)C[C@H](NC(=O)C=Cc1cccc(C(F)(F)F)c1)c1ccccc1)C(C)C. The third-order valence-electron chi connectivity index (χ3n) is 6.26. The minimum Gasteiger partial charge on any atom is -0.494 e. The molecule has 0 spiro atoms. The Kier molecular flexibility index (Phi) is 9.41. The zero-order valence-corrected chi connectivity index (χ0v) is 22.0. The number of carbonyl (C=O) groups excluding carboxylic acids is 3. The van der Waals surface area contributed by atoms with Crippen molar-refractivity contribution in [3.63, 3.8) is 0 Å². The number of hydrogen-bond acceptors (Lipinski definition) is 5. The third kappa shape index (κ3) is 7.52. The molecule has 212 valence electrons. The van der Waals surface area contributed by atoms with Gasteiger partial charge in [-0.1, -0.05) is 56.3 Å². The van der Waals surface area contributed by atoms with Gasteiger partial charge in [0.1, 0.15) is 0 Å². The van der Waals surface area contributed by atoms with Crippen LogP contribution in [0.1, 0.15) is 58.9 Å². The molecule has 0 fully saturated rings. The molecule has 2 amide bonds. The van der Waals surface area contributed by atoms with E-state index in [1.54, 1.807) is 44.2 Å². The molecule has 11 heteroatoms. The average Bonchev–Trinajstić information content (AvgIpc) is 3.15. The lowest BCUT2D eigenvalue weighted by molar-refractivity contribution is -0.137. The van der Waals surface area contributed by atoms with Crippen LogP contribution in [0.25, 0.3) is 6.08 Å². The molecule has 40 heavy (non-hydrogen) atoms. The molecule has 0 saturated heterocycles. The first-order valence-electron chi connectivity index (χ1n) is 12.4. The van der Waals surface area contributed by atoms with Gasteiger partial charge in [-0.05, 0) is 42.2 Å². The number of aromatic nitrogens is 1. The number of halogens is 3. The van der Waals surface area contributed by atoms with Gasteiger partial charge >= 0.3 is 6.18 Å². The molecule has 0 radical (unpaired) electrons. The Morgan fingerprint density at radius 1 is 0.975 bits per heavy atom. The van der Waals surface area contributed by atoms with Crippen LogP contribution >= 0.6 is 0 Å². The normalized spacial score (nSPS) is 13.3. The largest absolute Gasteiger partial charge is 0.494 e. The maximum atomic E-state index is 13.2. The number of amides is 2. The van der Waals surface area contributed by atoms with Gasteiger partial charge in [0, 0.05) is 11.6 Å². The van der Waals surface area contributed by atoms with Crippen LogP contribution in [0.4, 0.5) is 13.2 Å². The van der Waals surface area contributed by atoms with E-state index >= 15 is 0 Å². The second-order valence-corrected chi connectivity index (χ2v) is 9.61. The van der Waals surface area contributed by atoms with Crippen molar-refractivity contribution in [1.82, 2.24) is 15.6 Å². The summed E-state index contributed by atoms with van der Waals surface area (Å²) in [4.78, 5) is 41.2. The van der Waals surface area contributed by atoms with Crippen molar-refractivity contribution in [1.29, 1.82) is 0 Å². The number of Topliss-reactive ketones (excluding diaryl/α,β-unsaturated/α-hetero) is 1. The Morgan fingerprint density at radius 3 is 2.23 bits per heavy atom. The lowest BCUT2D eigenvalue weighted by atomic mass is 9.93. The molecule has 3 rings (SSSR count). The molecule has 2 aromatic carbocycles. The molecule has 0 saturated carbocycles. The fraction of sp³-hybridized carbons (Fsp3) is 0.276. The van der Waals surface area contributed by atoms with Crippen molar-refractivity contribution in [3.8, 4) is 11.8 Å². The van der Waals surface area contributed by atoms with Crippen molar-refractivity contribution in [2.45, 2.75) is 45.5 Å². The van der Waals surface area contributed by atoms with Gasteiger partial charge in [0.25, 0.3) is 0 Å². The molecule has 2 atom stereocenters. The zero-order valence-electron chi connectivity index (χ0n) is 22.0. The summed E-state index contributed by atoms with van der Waals surface area (Å²) in [6, 6.07) is 11.2. The molecule has 8 nitrogen and oxygen atoms in total. The van der Waals surface area contributed by atoms with Crippen molar-refractivity contribution < 1.29 is 37.8 Å². The van der Waals surface area contributed by atoms with Gasteiger partial charge in [0.2, 0.25) is 17.7 Å². The number of hydrogen-bond donors (Lipinski definition) is 5. The summed E-state index contributed by atoms with van der Waals surface area (Å²) in [5.41, 5.74) is -0.0726. The van der Waals surface area contributed by atoms with Crippen LogP contribution in [0.15, 0.2) is 60.7 Å². The topological polar surface area (TPSA) is 132 Å². The van der Waals surface area contributed by atoms with Gasteiger partial charge in [-0.15, -0.1) is 0 Å². The second-order valence-electron chi connectivity index (χ2n) is 9.61. The van der Waals surface area contributed by atoms with Crippen molar-refractivity contribution in [2.24, 2.45) is 5.92 Å². The fourth-order valence-corrected chi connectivity index (χ4v) is 4.12. The van der Waals surface area contributed by atoms with E-state index < -0.39 is 47.3 Å². The van der Waals surface area contributed by atoms with E-state index in [4.69, 9.17) is 0 Å². The van der Waals surface area contributed by atoms with Crippen LogP contribution in [0.5, 0.6) is 11.8 Å². The van der Waals surface area contributed by atoms with Crippen LogP contribution < -0.4 is 10.6 Å². The lowest BCUT2D eigenvalue weighted by Crippen LogP contribution is -2.45. The summed E-state index contributed by atoms with van der Waals surface area (Å²) in [5.74, 6) is -3.06. The molecule has 3 aromatic rings. The molecule has 0 aliphatic carbocycles. The predicted octanol–water partition coefficient (Wildman–Crippen LogP) is 5.04. The molecule has 0 aliphatic heterocycles. The Hall–Kier alpha value is -4.54. The summed E-state index contributed by atoms with van der Waals surface area (Å²) in [5, 5.41) is 25.2. The quantitative estimate of drug-likeness (QED) is 0.176. The van der Waals surface area contributed by atoms with Gasteiger partial charge in [-0.25, -0.2) is 0 Å². The minimum atomic E-state index is -4.52. The Morgan fingerprint density at radius 2 is 1.65 bits per heavy atom. The number of aromatic amines is 1. The number of carbonyl (C=O) groups is 3. The fourth-order valence-electron chi connectivity index (χ4n) is 4.12. The Bertz CT molecular complexity index is 1400. The molecule has 0 aliphatic rings. The van der Waals surface area contributed by atoms with Gasteiger partial charge in [-0.3, -0.25) is 19.4 Å². The number of H-pyrrole nitrogens is 1. The third-order valence-corrected chi connectivity index (χ3v) is 6.26. The van der Waals surface area contributed by atoms with Crippen LogP contribution in [0, 0.1) is 12.8 Å². The molecule has 5 N–H and O–H groups in total. The maximum Gasteiger partial charge on any atom is 0.416 e. The highest BCUT2D eigenvalue weighted by atomic mass is 19.4. The summed E-state index contributed by atoms with van der Waals surface area (Å²) < 4.78 is 39.0. The molecule has 1 aromatic heterocycles. The monoisotopic (exact) mass is 557 g/mol. The number of benzene rings is 2. The number of rotatable bonds is 10. The summed E-state index contributed by atoms with van der Waals surface area (Å²) in [6.07, 6.45) is -2.46. The van der Waals surface area contributed by atoms with Crippen LogP contribution in [-0.4, -0.2) is 38.8 Å². The number of ketones is 1. The van der Waals surface area contributed by atoms with E-state index in [1.165, 1.54) is 25.1 Å². The molecular formula is C29H30F3N3O5. The predicted molar refractivity (Wildman–Crippen MR) is 142 cm³/mol. The van der Waals surface area contributed by atoms with E-state index in [2.05, 4.69) is 15.6 Å². The van der Waals surface area contributed by atoms with Crippen molar-refractivity contribution in [2.75, 3.05) is 0 Å². The van der Waals surface area contributed by atoms with E-state index in [9.17, 15) is 37.8 Å². The number of alkyl halides is 3. The van der Waals surface area contributed by atoms with E-state index in [0.29, 0.717) is 5.56 Å². The Balaban J connectivity index is 1.76. The van der Waals surface area contributed by atoms with Gasteiger partial charge in [0.05, 0.1) is 29.6 Å². The first kappa shape index (κ1) is 30.0. The van der Waals surface area contributed by atoms with Crippen LogP contribution in [-0.2, 0) is 15.8 Å². The van der Waals surface area contributed by atoms with Gasteiger partial charge < -0.3 is 20.8 Å². The van der Waals surface area contributed by atoms with Crippen LogP contribution in [0.3, 0.4) is 0 Å². The smallest absolute Gasteiger partial charge is 0.416 e. The molecular weight excluding hydrogens is 527 g/mol. The second kappa shape index (κ2) is 12.5. The first-order chi connectivity index (χ1) is 18.8. The van der Waals surface area contributed by atoms with E-state index in [1.807, 2.05) is 0 Å². The molecule has 1 heterocycles. The standard InChI is InChI=1S/C29H30F3N3O5/c1-16(2)25(26(38)24-17(3)27(39)35-28(24)40)34-23(37)15-21(19-9-5-4-6-10-19)33-22(36)13-12-18-8-7-11-20(14-18)29(30,31)32/h4-14,16,21,25,35,39-40H,15H2,1-3H3,(H,33,36)(H,34,37)/t21-,25-/m0/s1. The Labute approximate surface area is 228 Å². The van der Waals surface area contributed by atoms with Crippen molar-refractivity contribution >= 4 is 23.7 Å². The minimum absolute atomic E-state index is 0.135. The van der Waals surface area contributed by atoms with E-state index in [-0.39, 0.29) is 34.9 Å². The lowest BCUT2D eigenvalue weighted by Gasteiger charge is -2.24. The highest BCUT2D eigenvalue weighted by Gasteiger charge is 2.32. The molecule has 0 bridgehead atoms. The highest BCUT2D eigenvalue weighted by molar-refractivity contribution is 6.05. The summed E-state index contributed by atoms with van der Waals surface area (Å²) >= 11 is 0. The molecule has 0 unspecified atom stereocenters. The van der Waals surface area contributed by atoms with Crippen molar-refractivity contribution in [3.05, 3.63) is 88.5 Å². The van der Waals surface area contributed by atoms with Crippen LogP contribution in [0.2, 0.25) is 0 Å². The summed E-state index contributed by atoms with van der Waals surface area (Å²) in [7, 11) is 0. The highest BCUT2D eigenvalue weighted by Crippen LogP contribution is 2.31. The maximum absolute atomic E-state index is 13.2.